The minimum absolute atomic E-state index is 0.00321. The van der Waals surface area contributed by atoms with E-state index >= 15 is 0 Å². The maximum Gasteiger partial charge on any atom is 0.264 e. The molecule has 0 heterocycles. The van der Waals surface area contributed by atoms with Crippen molar-refractivity contribution in [2.45, 2.75) is 17.9 Å². The van der Waals surface area contributed by atoms with Crippen LogP contribution >= 0.6 is 0 Å². The number of sulfonamides is 1. The van der Waals surface area contributed by atoms with Crippen LogP contribution in [0.1, 0.15) is 28.9 Å². The fraction of sp³-hybridized carbons (Fsp3) is 0.278. The van der Waals surface area contributed by atoms with Gasteiger partial charge in [-0.25, -0.2) is 8.42 Å². The van der Waals surface area contributed by atoms with Gasteiger partial charge in [-0.2, -0.15) is 0 Å². The van der Waals surface area contributed by atoms with Gasteiger partial charge in [0.1, 0.15) is 0 Å². The average molecular weight is 362 g/mol. The minimum atomic E-state index is -3.80. The van der Waals surface area contributed by atoms with Crippen molar-refractivity contribution in [3.05, 3.63) is 65.7 Å². The van der Waals surface area contributed by atoms with Crippen molar-refractivity contribution in [3.8, 4) is 0 Å². The van der Waals surface area contributed by atoms with E-state index in [1.807, 2.05) is 37.3 Å². The fourth-order valence-corrected chi connectivity index (χ4v) is 3.39. The van der Waals surface area contributed by atoms with Crippen molar-refractivity contribution >= 4 is 15.9 Å². The number of nitrogens with zero attached hydrogens (tertiary/aromatic N) is 2. The largest absolute Gasteiger partial charge is 0.335 e. The third-order valence-electron chi connectivity index (χ3n) is 4.16. The van der Waals surface area contributed by atoms with Crippen LogP contribution in [-0.2, 0) is 14.9 Å². The van der Waals surface area contributed by atoms with Gasteiger partial charge in [-0.1, -0.05) is 40.9 Å². The lowest BCUT2D eigenvalue weighted by Crippen LogP contribution is -2.30. The van der Waals surface area contributed by atoms with Gasteiger partial charge < -0.3 is 4.90 Å². The molecule has 0 aromatic heterocycles. The predicted octanol–water partition coefficient (Wildman–Crippen LogP) is 2.70. The van der Waals surface area contributed by atoms with Crippen molar-refractivity contribution in [3.63, 3.8) is 0 Å². The molecule has 0 saturated heterocycles. The molecule has 134 valence electrons. The zero-order valence-electron chi connectivity index (χ0n) is 14.7. The van der Waals surface area contributed by atoms with Gasteiger partial charge >= 0.3 is 0 Å². The number of benzene rings is 2. The number of hydrogen-bond acceptors (Lipinski definition) is 4. The summed E-state index contributed by atoms with van der Waals surface area (Å²) < 4.78 is 25.4. The molecule has 0 N–H and O–H groups in total. The van der Waals surface area contributed by atoms with Gasteiger partial charge in [0.05, 0.1) is 18.0 Å². The molecular formula is C18H22N2O4S. The molecule has 2 aromatic carbocycles. The summed E-state index contributed by atoms with van der Waals surface area (Å²) in [6, 6.07) is 15.4. The fourth-order valence-electron chi connectivity index (χ4n) is 2.37. The predicted molar refractivity (Wildman–Crippen MR) is 95.4 cm³/mol. The van der Waals surface area contributed by atoms with E-state index in [1.54, 1.807) is 24.1 Å². The van der Waals surface area contributed by atoms with E-state index in [1.165, 1.54) is 26.3 Å². The lowest BCUT2D eigenvalue weighted by Gasteiger charge is -2.25. The first-order chi connectivity index (χ1) is 11.8. The van der Waals surface area contributed by atoms with Gasteiger partial charge in [0.15, 0.2) is 0 Å². The molecular weight excluding hydrogens is 340 g/mol. The average Bonchev–Trinajstić information content (AvgIpc) is 2.66. The van der Waals surface area contributed by atoms with Crippen LogP contribution in [0.15, 0.2) is 59.5 Å². The molecule has 2 rings (SSSR count). The van der Waals surface area contributed by atoms with Crippen LogP contribution in [0.4, 0.5) is 0 Å². The molecule has 1 atom stereocenters. The van der Waals surface area contributed by atoms with Gasteiger partial charge in [-0.15, -0.1) is 0 Å². The lowest BCUT2D eigenvalue weighted by atomic mass is 10.1. The van der Waals surface area contributed by atoms with Crippen LogP contribution in [0.3, 0.4) is 0 Å². The summed E-state index contributed by atoms with van der Waals surface area (Å²) in [5.41, 5.74) is 1.30. The summed E-state index contributed by atoms with van der Waals surface area (Å²) in [5, 5.41) is 0. The Morgan fingerprint density at radius 3 is 2.28 bits per heavy atom. The molecule has 0 saturated carbocycles. The molecule has 6 nitrogen and oxygen atoms in total. The quantitative estimate of drug-likeness (QED) is 0.741. The van der Waals surface area contributed by atoms with Crippen molar-refractivity contribution in [1.29, 1.82) is 0 Å². The molecule has 7 heteroatoms. The van der Waals surface area contributed by atoms with E-state index in [2.05, 4.69) is 0 Å². The Morgan fingerprint density at radius 2 is 1.68 bits per heavy atom. The van der Waals surface area contributed by atoms with E-state index in [0.29, 0.717) is 5.56 Å². The summed E-state index contributed by atoms with van der Waals surface area (Å²) in [6.45, 7) is 1.92. The summed E-state index contributed by atoms with van der Waals surface area (Å²) in [5.74, 6) is -0.256. The standard InChI is InChI=1S/C18H22N2O4S/c1-14(15-9-6-5-7-10-15)19(2)18(21)16-11-8-12-17(13-16)25(22,23)20(3)24-4/h5-14H,1-4H3. The van der Waals surface area contributed by atoms with Gasteiger partial charge in [-0.3, -0.25) is 9.63 Å². The highest BCUT2D eigenvalue weighted by Crippen LogP contribution is 2.22. The summed E-state index contributed by atoms with van der Waals surface area (Å²) in [7, 11) is 0.459. The number of amides is 1. The van der Waals surface area contributed by atoms with Crippen LogP contribution < -0.4 is 0 Å². The Kier molecular flexibility index (Phi) is 5.94. The van der Waals surface area contributed by atoms with E-state index < -0.39 is 10.0 Å². The lowest BCUT2D eigenvalue weighted by molar-refractivity contribution is -0.0258. The van der Waals surface area contributed by atoms with Gasteiger partial charge in [-0.05, 0) is 30.7 Å². The van der Waals surface area contributed by atoms with Gasteiger partial charge in [0.25, 0.3) is 15.9 Å². The molecule has 0 bridgehead atoms. The van der Waals surface area contributed by atoms with Crippen LogP contribution in [0.2, 0.25) is 0 Å². The smallest absolute Gasteiger partial charge is 0.264 e. The summed E-state index contributed by atoms with van der Waals surface area (Å²) in [6.07, 6.45) is 0. The van der Waals surface area contributed by atoms with Gasteiger partial charge in [0.2, 0.25) is 0 Å². The normalized spacial score (nSPS) is 12.8. The van der Waals surface area contributed by atoms with Crippen molar-refractivity contribution in [2.24, 2.45) is 0 Å². The first kappa shape index (κ1) is 19.1. The monoisotopic (exact) mass is 362 g/mol. The van der Waals surface area contributed by atoms with E-state index in [9.17, 15) is 13.2 Å². The molecule has 0 aliphatic rings. The highest BCUT2D eigenvalue weighted by atomic mass is 32.2. The summed E-state index contributed by atoms with van der Waals surface area (Å²) >= 11 is 0. The Hall–Kier alpha value is -2.22. The SMILES string of the molecule is CON(C)S(=O)(=O)c1cccc(C(=O)N(C)C(C)c2ccccc2)c1. The third kappa shape index (κ3) is 4.07. The van der Waals surface area contributed by atoms with Gasteiger partial charge in [0, 0.05) is 19.7 Å². The van der Waals surface area contributed by atoms with Crippen LogP contribution in [0, 0.1) is 0 Å². The highest BCUT2D eigenvalue weighted by Gasteiger charge is 2.24. The molecule has 2 aromatic rings. The second-order valence-corrected chi connectivity index (χ2v) is 7.56. The van der Waals surface area contributed by atoms with E-state index in [4.69, 9.17) is 4.84 Å². The third-order valence-corrected chi connectivity index (χ3v) is 5.83. The molecule has 0 radical (unpaired) electrons. The molecule has 1 unspecified atom stereocenters. The number of carbonyl (C=O) groups is 1. The number of hydroxylamine groups is 1. The first-order valence-electron chi connectivity index (χ1n) is 7.74. The Bertz CT molecular complexity index is 837. The number of hydrogen-bond donors (Lipinski definition) is 0. The minimum Gasteiger partial charge on any atom is -0.335 e. The molecule has 0 aliphatic heterocycles. The van der Waals surface area contributed by atoms with Crippen LogP contribution in [-0.4, -0.2) is 44.9 Å². The first-order valence-corrected chi connectivity index (χ1v) is 9.18. The number of rotatable bonds is 6. The molecule has 1 amide bonds. The molecule has 0 spiro atoms. The number of carbonyl (C=O) groups excluding carboxylic acids is 1. The Labute approximate surface area is 148 Å². The molecule has 0 fully saturated rings. The van der Waals surface area contributed by atoms with Crippen molar-refractivity contribution in [1.82, 2.24) is 9.37 Å². The topological polar surface area (TPSA) is 66.9 Å². The van der Waals surface area contributed by atoms with Crippen molar-refractivity contribution in [2.75, 3.05) is 21.2 Å². The highest BCUT2D eigenvalue weighted by molar-refractivity contribution is 7.89. The van der Waals surface area contributed by atoms with Crippen molar-refractivity contribution < 1.29 is 18.0 Å². The second-order valence-electron chi connectivity index (χ2n) is 5.63. The zero-order valence-corrected chi connectivity index (χ0v) is 15.5. The molecule has 0 aliphatic carbocycles. The van der Waals surface area contributed by atoms with Crippen LogP contribution in [0.25, 0.3) is 0 Å². The summed E-state index contributed by atoms with van der Waals surface area (Å²) in [4.78, 5) is 19.1. The molecule has 25 heavy (non-hydrogen) atoms. The Balaban J connectivity index is 2.30. The maximum absolute atomic E-state index is 12.8. The Morgan fingerprint density at radius 1 is 1.04 bits per heavy atom. The second kappa shape index (κ2) is 7.77. The zero-order chi connectivity index (χ0) is 18.6. The van der Waals surface area contributed by atoms with E-state index in [-0.39, 0.29) is 16.8 Å². The van der Waals surface area contributed by atoms with E-state index in [0.717, 1.165) is 10.0 Å². The van der Waals surface area contributed by atoms with Crippen LogP contribution in [0.5, 0.6) is 0 Å². The maximum atomic E-state index is 12.8.